The van der Waals surface area contributed by atoms with E-state index in [1.54, 1.807) is 0 Å². The van der Waals surface area contributed by atoms with Gasteiger partial charge in [-0.3, -0.25) is 4.79 Å². The van der Waals surface area contributed by atoms with Crippen molar-refractivity contribution >= 4 is 6.29 Å². The van der Waals surface area contributed by atoms with Gasteiger partial charge in [0.15, 0.2) is 0 Å². The Morgan fingerprint density at radius 3 is 2.33 bits per heavy atom. The molecule has 9 heavy (non-hydrogen) atoms. The second-order valence-corrected chi connectivity index (χ2v) is 2.06. The van der Waals surface area contributed by atoms with Gasteiger partial charge in [-0.1, -0.05) is 19.8 Å². The molecule has 0 aromatic carbocycles. The maximum absolute atomic E-state index is 9.91. The molecule has 0 unspecified atom stereocenters. The molecule has 0 radical (unpaired) electrons. The molecule has 0 saturated heterocycles. The summed E-state index contributed by atoms with van der Waals surface area (Å²) in [6, 6.07) is 0. The van der Waals surface area contributed by atoms with Gasteiger partial charge in [0.25, 0.3) is 0 Å². The number of carbonyl (C=O) groups is 1. The maximum Gasteiger partial charge on any atom is 0.143 e. The molecular formula is C8H10O. The Balaban J connectivity index is 4.19. The molecule has 0 amide bonds. The Kier molecular flexibility index (Phi) is 3.46. The molecule has 0 spiro atoms. The van der Waals surface area contributed by atoms with Crippen LogP contribution in [0.3, 0.4) is 0 Å². The summed E-state index contributed by atoms with van der Waals surface area (Å²) in [6.07, 6.45) is 7.22. The average Bonchev–Trinajstić information content (AvgIpc) is 1.82. The van der Waals surface area contributed by atoms with Crippen LogP contribution in [0.1, 0.15) is 13.8 Å². The fraction of sp³-hybridized carbons (Fsp3) is 0.375. The quantitative estimate of drug-likeness (QED) is 0.307. The molecule has 1 nitrogen and oxygen atoms in total. The van der Waals surface area contributed by atoms with E-state index in [0.717, 1.165) is 11.9 Å². The van der Waals surface area contributed by atoms with Crippen LogP contribution >= 0.6 is 0 Å². The number of hydrogen-bond donors (Lipinski definition) is 0. The van der Waals surface area contributed by atoms with Crippen molar-refractivity contribution < 1.29 is 4.79 Å². The molecule has 0 rings (SSSR count). The van der Waals surface area contributed by atoms with Crippen molar-refractivity contribution in [1.29, 1.82) is 0 Å². The Labute approximate surface area is 55.8 Å². The van der Waals surface area contributed by atoms with E-state index in [1.165, 1.54) is 6.08 Å². The van der Waals surface area contributed by atoms with Gasteiger partial charge in [0.2, 0.25) is 0 Å². The molecule has 0 aromatic heterocycles. The summed E-state index contributed by atoms with van der Waals surface area (Å²) in [5, 5.41) is 0. The van der Waals surface area contributed by atoms with Gasteiger partial charge in [-0.05, 0) is 12.0 Å². The summed E-state index contributed by atoms with van der Waals surface area (Å²) in [5.74, 6) is 2.71. The maximum atomic E-state index is 9.91. The monoisotopic (exact) mass is 122 g/mol. The smallest absolute Gasteiger partial charge is 0.143 e. The van der Waals surface area contributed by atoms with Crippen molar-refractivity contribution in [2.75, 3.05) is 0 Å². The van der Waals surface area contributed by atoms with Gasteiger partial charge in [0, 0.05) is 5.57 Å². The second kappa shape index (κ2) is 3.91. The summed E-state index contributed by atoms with van der Waals surface area (Å²) in [6.45, 7) is 3.91. The number of aldehydes is 1. The topological polar surface area (TPSA) is 17.1 Å². The lowest BCUT2D eigenvalue weighted by Crippen LogP contribution is -1.90. The van der Waals surface area contributed by atoms with Gasteiger partial charge in [-0.15, -0.1) is 6.42 Å². The highest BCUT2D eigenvalue weighted by Gasteiger charge is 1.95. The standard InChI is InChI=1S/C8H10O/c1-4-8(5-6-9)7(2)3/h1,5-7H,2-3H3/b8-5+. The molecule has 1 heteroatoms. The molecule has 0 saturated carbocycles. The van der Waals surface area contributed by atoms with Crippen molar-refractivity contribution in [1.82, 2.24) is 0 Å². The summed E-state index contributed by atoms with van der Waals surface area (Å²) in [4.78, 5) is 9.91. The molecule has 0 atom stereocenters. The molecule has 48 valence electrons. The van der Waals surface area contributed by atoms with Crippen LogP contribution in [0.25, 0.3) is 0 Å². The number of rotatable bonds is 2. The van der Waals surface area contributed by atoms with Gasteiger partial charge in [-0.25, -0.2) is 0 Å². The van der Waals surface area contributed by atoms with E-state index in [2.05, 4.69) is 5.92 Å². The van der Waals surface area contributed by atoms with E-state index in [1.807, 2.05) is 13.8 Å². The Bertz CT molecular complexity index is 158. The summed E-state index contributed by atoms with van der Waals surface area (Å²) in [5.41, 5.74) is 0.755. The molecule has 0 bridgehead atoms. The van der Waals surface area contributed by atoms with Gasteiger partial charge >= 0.3 is 0 Å². The summed E-state index contributed by atoms with van der Waals surface area (Å²) in [7, 11) is 0. The average molecular weight is 122 g/mol. The van der Waals surface area contributed by atoms with Crippen LogP contribution in [0.2, 0.25) is 0 Å². The lowest BCUT2D eigenvalue weighted by atomic mass is 10.0. The molecular weight excluding hydrogens is 112 g/mol. The molecule has 0 N–H and O–H groups in total. The first-order chi connectivity index (χ1) is 4.22. The predicted octanol–water partition coefficient (Wildman–Crippen LogP) is 1.40. The predicted molar refractivity (Wildman–Crippen MR) is 37.8 cm³/mol. The zero-order valence-corrected chi connectivity index (χ0v) is 5.72. The number of terminal acetylenes is 1. The van der Waals surface area contributed by atoms with Gasteiger partial charge in [0.05, 0.1) is 0 Å². The third-order valence-electron chi connectivity index (χ3n) is 1.04. The van der Waals surface area contributed by atoms with Crippen LogP contribution in [0.5, 0.6) is 0 Å². The van der Waals surface area contributed by atoms with Crippen molar-refractivity contribution in [3.05, 3.63) is 11.6 Å². The normalized spacial score (nSPS) is 11.1. The highest BCUT2D eigenvalue weighted by atomic mass is 16.1. The zero-order valence-electron chi connectivity index (χ0n) is 5.72. The first kappa shape index (κ1) is 7.97. The SMILES string of the molecule is C#C/C(=C\C=O)C(C)C. The minimum atomic E-state index is 0.278. The van der Waals surface area contributed by atoms with Crippen LogP contribution in [0, 0.1) is 18.3 Å². The number of carbonyl (C=O) groups excluding carboxylic acids is 1. The van der Waals surface area contributed by atoms with E-state index < -0.39 is 0 Å². The van der Waals surface area contributed by atoms with E-state index >= 15 is 0 Å². The minimum Gasteiger partial charge on any atom is -0.299 e. The van der Waals surface area contributed by atoms with E-state index in [9.17, 15) is 4.79 Å². The van der Waals surface area contributed by atoms with E-state index in [0.29, 0.717) is 0 Å². The fourth-order valence-electron chi connectivity index (χ4n) is 0.481. The largest absolute Gasteiger partial charge is 0.299 e. The van der Waals surface area contributed by atoms with Crippen molar-refractivity contribution in [2.24, 2.45) is 5.92 Å². The Hall–Kier alpha value is -1.03. The molecule has 0 fully saturated rings. The van der Waals surface area contributed by atoms with Crippen molar-refractivity contribution in [3.8, 4) is 12.3 Å². The fourth-order valence-corrected chi connectivity index (χ4v) is 0.481. The first-order valence-electron chi connectivity index (χ1n) is 2.84. The summed E-state index contributed by atoms with van der Waals surface area (Å²) < 4.78 is 0. The Morgan fingerprint density at radius 1 is 1.67 bits per heavy atom. The van der Waals surface area contributed by atoms with E-state index in [-0.39, 0.29) is 5.92 Å². The molecule has 0 aromatic rings. The minimum absolute atomic E-state index is 0.278. The second-order valence-electron chi connectivity index (χ2n) is 2.06. The number of hydrogen-bond acceptors (Lipinski definition) is 1. The van der Waals surface area contributed by atoms with E-state index in [4.69, 9.17) is 6.42 Å². The highest BCUT2D eigenvalue weighted by molar-refractivity contribution is 5.68. The molecule has 0 heterocycles. The van der Waals surface area contributed by atoms with Gasteiger partial charge in [0.1, 0.15) is 6.29 Å². The third-order valence-corrected chi connectivity index (χ3v) is 1.04. The van der Waals surface area contributed by atoms with Crippen molar-refractivity contribution in [2.45, 2.75) is 13.8 Å². The van der Waals surface area contributed by atoms with Gasteiger partial charge in [-0.2, -0.15) is 0 Å². The van der Waals surface area contributed by atoms with Crippen LogP contribution in [0.15, 0.2) is 11.6 Å². The highest BCUT2D eigenvalue weighted by Crippen LogP contribution is 2.05. The van der Waals surface area contributed by atoms with Gasteiger partial charge < -0.3 is 0 Å². The van der Waals surface area contributed by atoms with Crippen LogP contribution in [-0.2, 0) is 4.79 Å². The lowest BCUT2D eigenvalue weighted by molar-refractivity contribution is -0.104. The lowest BCUT2D eigenvalue weighted by Gasteiger charge is -1.99. The Morgan fingerprint density at radius 2 is 2.22 bits per heavy atom. The zero-order chi connectivity index (χ0) is 7.28. The summed E-state index contributed by atoms with van der Waals surface area (Å²) >= 11 is 0. The molecule has 0 aliphatic rings. The van der Waals surface area contributed by atoms with Crippen LogP contribution < -0.4 is 0 Å². The van der Waals surface area contributed by atoms with Crippen molar-refractivity contribution in [3.63, 3.8) is 0 Å². The number of allylic oxidation sites excluding steroid dienone is 2. The van der Waals surface area contributed by atoms with Crippen LogP contribution in [-0.4, -0.2) is 6.29 Å². The third kappa shape index (κ3) is 2.71. The molecule has 0 aliphatic heterocycles. The van der Waals surface area contributed by atoms with Crippen LogP contribution in [0.4, 0.5) is 0 Å². The first-order valence-corrected chi connectivity index (χ1v) is 2.84. The molecule has 0 aliphatic carbocycles.